The van der Waals surface area contributed by atoms with Crippen molar-refractivity contribution in [2.45, 2.75) is 19.1 Å². The van der Waals surface area contributed by atoms with Crippen LogP contribution >= 0.6 is 11.6 Å². The maximum absolute atomic E-state index is 14.5. The summed E-state index contributed by atoms with van der Waals surface area (Å²) in [7, 11) is -1.95. The van der Waals surface area contributed by atoms with E-state index in [-0.39, 0.29) is 34.6 Å². The SMILES string of the molecule is COc1ccc(C2=C(C#N)C(=O)N(C3CCS(=O)(=O)C3)C(=O)/C2=C\c2cn(-c3ccccc3)nc2-c2ccc(OCc3ccc(Cl)cc3)cc2)cc1. The molecule has 5 aromatic rings. The van der Waals surface area contributed by atoms with Crippen LogP contribution in [0.4, 0.5) is 0 Å². The van der Waals surface area contributed by atoms with Crippen molar-refractivity contribution < 1.29 is 27.5 Å². The minimum Gasteiger partial charge on any atom is -0.497 e. The number of halogens is 1. The van der Waals surface area contributed by atoms with Gasteiger partial charge in [0.15, 0.2) is 9.84 Å². The Hall–Kier alpha value is -5.96. The highest BCUT2D eigenvalue weighted by Gasteiger charge is 2.45. The van der Waals surface area contributed by atoms with Gasteiger partial charge in [0.2, 0.25) is 0 Å². The summed E-state index contributed by atoms with van der Waals surface area (Å²) in [4.78, 5) is 29.3. The van der Waals surface area contributed by atoms with Crippen LogP contribution in [0.1, 0.15) is 23.1 Å². The average Bonchev–Trinajstić information content (AvgIpc) is 3.75. The van der Waals surface area contributed by atoms with Gasteiger partial charge in [-0.25, -0.2) is 13.1 Å². The molecular weight excluding hydrogens is 700 g/mol. The van der Waals surface area contributed by atoms with Gasteiger partial charge in [-0.1, -0.05) is 54.1 Å². The fourth-order valence-electron chi connectivity index (χ4n) is 6.34. The lowest BCUT2D eigenvalue weighted by Crippen LogP contribution is -2.49. The minimum atomic E-state index is -3.47. The van der Waals surface area contributed by atoms with Gasteiger partial charge in [-0.05, 0) is 84.3 Å². The van der Waals surface area contributed by atoms with Gasteiger partial charge in [0, 0.05) is 27.9 Å². The predicted octanol–water partition coefficient (Wildman–Crippen LogP) is 6.70. The Labute approximate surface area is 305 Å². The molecule has 2 aliphatic rings. The summed E-state index contributed by atoms with van der Waals surface area (Å²) < 4.78 is 38.0. The second-order valence-electron chi connectivity index (χ2n) is 12.3. The van der Waals surface area contributed by atoms with Crippen LogP contribution in [-0.2, 0) is 26.0 Å². The van der Waals surface area contributed by atoms with Crippen LogP contribution in [0, 0.1) is 11.3 Å². The molecule has 0 N–H and O–H groups in total. The minimum absolute atomic E-state index is 0.0578. The Morgan fingerprint density at radius 3 is 2.21 bits per heavy atom. The van der Waals surface area contributed by atoms with E-state index in [1.54, 1.807) is 53.4 Å². The molecule has 0 spiro atoms. The van der Waals surface area contributed by atoms with Crippen molar-refractivity contribution in [3.05, 3.63) is 142 Å². The van der Waals surface area contributed by atoms with Crippen molar-refractivity contribution in [3.63, 3.8) is 0 Å². The molecule has 1 aromatic heterocycles. The number of methoxy groups -OCH3 is 1. The summed E-state index contributed by atoms with van der Waals surface area (Å²) in [5.74, 6) is -0.858. The van der Waals surface area contributed by atoms with Crippen molar-refractivity contribution in [2.75, 3.05) is 18.6 Å². The summed E-state index contributed by atoms with van der Waals surface area (Å²) >= 11 is 6.01. The Morgan fingerprint density at radius 1 is 0.904 bits per heavy atom. The van der Waals surface area contributed by atoms with Crippen LogP contribution in [0.2, 0.25) is 5.02 Å². The molecule has 1 unspecified atom stereocenters. The Kier molecular flexibility index (Phi) is 9.51. The van der Waals surface area contributed by atoms with Gasteiger partial charge in [0.1, 0.15) is 29.7 Å². The monoisotopic (exact) mass is 730 g/mol. The molecule has 52 heavy (non-hydrogen) atoms. The topological polar surface area (TPSA) is 132 Å². The molecule has 0 aliphatic carbocycles. The van der Waals surface area contributed by atoms with E-state index in [1.807, 2.05) is 72.8 Å². The lowest BCUT2D eigenvalue weighted by Gasteiger charge is -2.32. The summed E-state index contributed by atoms with van der Waals surface area (Å²) in [6.45, 7) is 0.345. The van der Waals surface area contributed by atoms with E-state index >= 15 is 0 Å². The lowest BCUT2D eigenvalue weighted by atomic mass is 9.86. The molecule has 7 rings (SSSR count). The van der Waals surface area contributed by atoms with Gasteiger partial charge in [0.25, 0.3) is 11.8 Å². The molecule has 4 aromatic carbocycles. The maximum Gasteiger partial charge on any atom is 0.272 e. The maximum atomic E-state index is 14.5. The van der Waals surface area contributed by atoms with E-state index in [4.69, 9.17) is 26.2 Å². The quantitative estimate of drug-likeness (QED) is 0.121. The molecule has 12 heteroatoms. The summed E-state index contributed by atoms with van der Waals surface area (Å²) in [5, 5.41) is 16.0. The molecule has 0 radical (unpaired) electrons. The molecule has 260 valence electrons. The molecule has 1 saturated heterocycles. The zero-order valence-corrected chi connectivity index (χ0v) is 29.5. The third kappa shape index (κ3) is 6.99. The van der Waals surface area contributed by atoms with Gasteiger partial charge >= 0.3 is 0 Å². The number of nitrogens with zero attached hydrogens (tertiary/aromatic N) is 4. The number of ether oxygens (including phenoxy) is 2. The predicted molar refractivity (Wildman–Crippen MR) is 197 cm³/mol. The molecule has 1 atom stereocenters. The third-order valence-corrected chi connectivity index (χ3v) is 11.0. The van der Waals surface area contributed by atoms with Crippen LogP contribution in [0.3, 0.4) is 0 Å². The van der Waals surface area contributed by atoms with Gasteiger partial charge in [0.05, 0.1) is 41.6 Å². The van der Waals surface area contributed by atoms with Gasteiger partial charge in [-0.2, -0.15) is 10.4 Å². The standard InChI is InChI=1S/C40H31ClN4O6S/c1-50-33-15-9-27(10-16-33)37-35(39(46)45(40(47)36(37)22-42)32-19-20-52(48,49)25-32)21-29-23-44(31-5-3-2-4-6-31)43-38(29)28-11-17-34(18-12-28)51-24-26-7-13-30(41)14-8-26/h2-18,21,23,32H,19-20,24-25H2,1H3/b35-21-. The van der Waals surface area contributed by atoms with Crippen LogP contribution < -0.4 is 9.47 Å². The first kappa shape index (κ1) is 34.5. The Morgan fingerprint density at radius 2 is 1.58 bits per heavy atom. The zero-order valence-electron chi connectivity index (χ0n) is 27.9. The fraction of sp³-hybridized carbons (Fsp3) is 0.150. The van der Waals surface area contributed by atoms with Crippen molar-refractivity contribution in [2.24, 2.45) is 0 Å². The highest BCUT2D eigenvalue weighted by Crippen LogP contribution is 2.39. The number of carbonyl (C=O) groups excluding carboxylic acids is 2. The van der Waals surface area contributed by atoms with Crippen LogP contribution in [0.25, 0.3) is 28.6 Å². The Balaban J connectivity index is 1.35. The number of para-hydroxylation sites is 1. The smallest absolute Gasteiger partial charge is 0.272 e. The Bertz CT molecular complexity index is 2380. The van der Waals surface area contributed by atoms with Crippen molar-refractivity contribution in [3.8, 4) is 34.5 Å². The number of sulfone groups is 1. The first-order valence-electron chi connectivity index (χ1n) is 16.4. The summed E-state index contributed by atoms with van der Waals surface area (Å²) in [5.41, 5.74) is 3.87. The molecule has 2 aliphatic heterocycles. The summed E-state index contributed by atoms with van der Waals surface area (Å²) in [6, 6.07) is 32.0. The highest BCUT2D eigenvalue weighted by molar-refractivity contribution is 7.91. The van der Waals surface area contributed by atoms with E-state index in [2.05, 4.69) is 0 Å². The molecule has 10 nitrogen and oxygen atoms in total. The molecule has 3 heterocycles. The van der Waals surface area contributed by atoms with Crippen molar-refractivity contribution in [1.82, 2.24) is 14.7 Å². The van der Waals surface area contributed by atoms with Crippen LogP contribution in [-0.4, -0.2) is 59.6 Å². The molecule has 2 amide bonds. The normalized spacial score (nSPS) is 17.8. The second kappa shape index (κ2) is 14.3. The first-order valence-corrected chi connectivity index (χ1v) is 18.6. The van der Waals surface area contributed by atoms with E-state index in [1.165, 1.54) is 7.11 Å². The molecule has 0 bridgehead atoms. The van der Waals surface area contributed by atoms with Gasteiger partial charge in [-0.3, -0.25) is 14.5 Å². The number of imide groups is 1. The number of benzene rings is 4. The molecule has 0 saturated carbocycles. The van der Waals surface area contributed by atoms with Crippen molar-refractivity contribution >= 4 is 44.9 Å². The largest absolute Gasteiger partial charge is 0.497 e. The number of aromatic nitrogens is 2. The van der Waals surface area contributed by atoms with Gasteiger partial charge < -0.3 is 9.47 Å². The van der Waals surface area contributed by atoms with E-state index in [9.17, 15) is 23.3 Å². The van der Waals surface area contributed by atoms with Crippen molar-refractivity contribution in [1.29, 1.82) is 5.26 Å². The molecule has 1 fully saturated rings. The number of carbonyl (C=O) groups is 2. The summed E-state index contributed by atoms with van der Waals surface area (Å²) in [6.07, 6.45) is 3.48. The number of hydrogen-bond donors (Lipinski definition) is 0. The van der Waals surface area contributed by atoms with Gasteiger partial charge in [-0.15, -0.1) is 0 Å². The zero-order chi connectivity index (χ0) is 36.4. The number of hydrogen-bond acceptors (Lipinski definition) is 8. The van der Waals surface area contributed by atoms with Crippen LogP contribution in [0.15, 0.2) is 120 Å². The molecular formula is C40H31ClN4O6S. The number of rotatable bonds is 9. The third-order valence-electron chi connectivity index (χ3n) is 8.97. The van der Waals surface area contributed by atoms with E-state index in [0.29, 0.717) is 45.5 Å². The fourth-order valence-corrected chi connectivity index (χ4v) is 8.16. The second-order valence-corrected chi connectivity index (χ2v) is 15.0. The number of amides is 2. The van der Waals surface area contributed by atoms with Crippen LogP contribution in [0.5, 0.6) is 11.5 Å². The van der Waals surface area contributed by atoms with E-state index in [0.717, 1.165) is 16.2 Å². The lowest BCUT2D eigenvalue weighted by molar-refractivity contribution is -0.142. The average molecular weight is 731 g/mol. The highest BCUT2D eigenvalue weighted by atomic mass is 35.5. The first-order chi connectivity index (χ1) is 25.1. The number of nitriles is 1. The van der Waals surface area contributed by atoms with E-state index < -0.39 is 27.7 Å².